The third-order valence-electron chi connectivity index (χ3n) is 3.48. The van der Waals surface area contributed by atoms with Crippen LogP contribution < -0.4 is 10.6 Å². The van der Waals surface area contributed by atoms with E-state index >= 15 is 0 Å². The first-order valence-corrected chi connectivity index (χ1v) is 7.77. The van der Waals surface area contributed by atoms with Gasteiger partial charge in [-0.3, -0.25) is 0 Å². The molecule has 0 spiro atoms. The first-order chi connectivity index (χ1) is 10.3. The SMILES string of the molecule is C[C@H](CNC(=S)NCCc1ccccc1)c1ccccc1. The van der Waals surface area contributed by atoms with Gasteiger partial charge in [-0.05, 0) is 35.7 Å². The van der Waals surface area contributed by atoms with Crippen LogP contribution in [0.15, 0.2) is 60.7 Å². The maximum atomic E-state index is 5.32. The summed E-state index contributed by atoms with van der Waals surface area (Å²) in [5, 5.41) is 7.28. The van der Waals surface area contributed by atoms with Gasteiger partial charge in [0, 0.05) is 13.1 Å². The molecule has 0 aliphatic heterocycles. The van der Waals surface area contributed by atoms with E-state index in [1.807, 2.05) is 12.1 Å². The summed E-state index contributed by atoms with van der Waals surface area (Å²) in [5.41, 5.74) is 2.66. The molecule has 0 aliphatic rings. The van der Waals surface area contributed by atoms with E-state index < -0.39 is 0 Å². The Balaban J connectivity index is 1.66. The highest BCUT2D eigenvalue weighted by atomic mass is 32.1. The molecule has 0 amide bonds. The monoisotopic (exact) mass is 298 g/mol. The van der Waals surface area contributed by atoms with E-state index in [0.717, 1.165) is 24.6 Å². The number of hydrogen-bond donors (Lipinski definition) is 2. The van der Waals surface area contributed by atoms with Gasteiger partial charge in [-0.25, -0.2) is 0 Å². The average Bonchev–Trinajstić information content (AvgIpc) is 2.54. The van der Waals surface area contributed by atoms with Crippen LogP contribution in [-0.2, 0) is 6.42 Å². The highest BCUT2D eigenvalue weighted by Gasteiger charge is 2.05. The zero-order valence-electron chi connectivity index (χ0n) is 12.4. The average molecular weight is 298 g/mol. The van der Waals surface area contributed by atoms with Crippen LogP contribution >= 0.6 is 12.2 Å². The van der Waals surface area contributed by atoms with Crippen molar-refractivity contribution in [2.24, 2.45) is 0 Å². The zero-order chi connectivity index (χ0) is 14.9. The van der Waals surface area contributed by atoms with Gasteiger partial charge in [-0.15, -0.1) is 0 Å². The van der Waals surface area contributed by atoms with Gasteiger partial charge in [0.25, 0.3) is 0 Å². The molecule has 0 unspecified atom stereocenters. The smallest absolute Gasteiger partial charge is 0.166 e. The maximum Gasteiger partial charge on any atom is 0.166 e. The van der Waals surface area contributed by atoms with E-state index in [4.69, 9.17) is 12.2 Å². The van der Waals surface area contributed by atoms with Crippen molar-refractivity contribution in [2.75, 3.05) is 13.1 Å². The maximum absolute atomic E-state index is 5.32. The van der Waals surface area contributed by atoms with Crippen molar-refractivity contribution < 1.29 is 0 Å². The molecule has 110 valence electrons. The molecular formula is C18H22N2S. The third kappa shape index (κ3) is 5.56. The lowest BCUT2D eigenvalue weighted by molar-refractivity contribution is 0.706. The van der Waals surface area contributed by atoms with Crippen molar-refractivity contribution in [1.82, 2.24) is 10.6 Å². The molecule has 1 atom stereocenters. The molecule has 0 fully saturated rings. The fraction of sp³-hybridized carbons (Fsp3) is 0.278. The molecule has 2 aromatic carbocycles. The first kappa shape index (κ1) is 15.5. The number of nitrogens with one attached hydrogen (secondary N) is 2. The molecule has 0 bridgehead atoms. The second-order valence-electron chi connectivity index (χ2n) is 5.18. The highest BCUT2D eigenvalue weighted by Crippen LogP contribution is 2.12. The van der Waals surface area contributed by atoms with Crippen LogP contribution in [0.25, 0.3) is 0 Å². The zero-order valence-corrected chi connectivity index (χ0v) is 13.2. The van der Waals surface area contributed by atoms with Crippen LogP contribution in [0, 0.1) is 0 Å². The topological polar surface area (TPSA) is 24.1 Å². The highest BCUT2D eigenvalue weighted by molar-refractivity contribution is 7.80. The number of rotatable bonds is 6. The Kier molecular flexibility index (Phi) is 6.22. The van der Waals surface area contributed by atoms with Gasteiger partial charge >= 0.3 is 0 Å². The Morgan fingerprint density at radius 2 is 1.57 bits per heavy atom. The largest absolute Gasteiger partial charge is 0.362 e. The fourth-order valence-electron chi connectivity index (χ4n) is 2.17. The van der Waals surface area contributed by atoms with Gasteiger partial charge < -0.3 is 10.6 Å². The molecule has 2 aromatic rings. The normalized spacial score (nSPS) is 11.7. The Morgan fingerprint density at radius 3 is 2.24 bits per heavy atom. The van der Waals surface area contributed by atoms with Gasteiger partial charge in [0.05, 0.1) is 0 Å². The third-order valence-corrected chi connectivity index (χ3v) is 3.77. The van der Waals surface area contributed by atoms with Gasteiger partial charge in [-0.2, -0.15) is 0 Å². The van der Waals surface area contributed by atoms with Crippen molar-refractivity contribution in [1.29, 1.82) is 0 Å². The van der Waals surface area contributed by atoms with E-state index in [0.29, 0.717) is 5.92 Å². The van der Waals surface area contributed by atoms with E-state index in [2.05, 4.69) is 66.1 Å². The van der Waals surface area contributed by atoms with Gasteiger partial charge in [0.15, 0.2) is 5.11 Å². The van der Waals surface area contributed by atoms with Crippen LogP contribution in [0.3, 0.4) is 0 Å². The lowest BCUT2D eigenvalue weighted by atomic mass is 10.0. The Hall–Kier alpha value is -1.87. The number of benzene rings is 2. The molecule has 0 aliphatic carbocycles. The number of thiocarbonyl (C=S) groups is 1. The second kappa shape index (κ2) is 8.42. The lowest BCUT2D eigenvalue weighted by Crippen LogP contribution is -2.38. The summed E-state index contributed by atoms with van der Waals surface area (Å²) in [6.07, 6.45) is 0.983. The summed E-state index contributed by atoms with van der Waals surface area (Å²) in [7, 11) is 0. The molecule has 2 rings (SSSR count). The van der Waals surface area contributed by atoms with Crippen LogP contribution in [0.4, 0.5) is 0 Å². The van der Waals surface area contributed by atoms with Crippen LogP contribution in [0.5, 0.6) is 0 Å². The molecule has 2 N–H and O–H groups in total. The summed E-state index contributed by atoms with van der Waals surface area (Å²) >= 11 is 5.32. The molecular weight excluding hydrogens is 276 g/mol. The predicted octanol–water partition coefficient (Wildman–Crippen LogP) is 3.50. The summed E-state index contributed by atoms with van der Waals surface area (Å²) in [5.74, 6) is 0.445. The van der Waals surface area contributed by atoms with E-state index in [1.165, 1.54) is 11.1 Å². The minimum atomic E-state index is 0.445. The lowest BCUT2D eigenvalue weighted by Gasteiger charge is -2.15. The van der Waals surface area contributed by atoms with Crippen LogP contribution in [-0.4, -0.2) is 18.2 Å². The minimum Gasteiger partial charge on any atom is -0.362 e. The first-order valence-electron chi connectivity index (χ1n) is 7.36. The van der Waals surface area contributed by atoms with Gasteiger partial charge in [-0.1, -0.05) is 67.6 Å². The van der Waals surface area contributed by atoms with E-state index in [9.17, 15) is 0 Å². The summed E-state index contributed by atoms with van der Waals surface area (Å²) in [6.45, 7) is 3.91. The Labute approximate surface area is 132 Å². The van der Waals surface area contributed by atoms with E-state index in [-0.39, 0.29) is 0 Å². The summed E-state index contributed by atoms with van der Waals surface area (Å²) in [6, 6.07) is 20.9. The van der Waals surface area contributed by atoms with Crippen LogP contribution in [0.1, 0.15) is 24.0 Å². The Bertz CT molecular complexity index is 540. The molecule has 2 nitrogen and oxygen atoms in total. The van der Waals surface area contributed by atoms with Crippen molar-refractivity contribution in [2.45, 2.75) is 19.3 Å². The quantitative estimate of drug-likeness (QED) is 0.798. The fourth-order valence-corrected chi connectivity index (χ4v) is 2.36. The number of hydrogen-bond acceptors (Lipinski definition) is 1. The molecule has 0 aromatic heterocycles. The van der Waals surface area contributed by atoms with Crippen molar-refractivity contribution in [3.05, 3.63) is 71.8 Å². The van der Waals surface area contributed by atoms with Crippen molar-refractivity contribution in [3.63, 3.8) is 0 Å². The van der Waals surface area contributed by atoms with Gasteiger partial charge in [0.1, 0.15) is 0 Å². The Morgan fingerprint density at radius 1 is 0.952 bits per heavy atom. The van der Waals surface area contributed by atoms with Crippen LogP contribution in [0.2, 0.25) is 0 Å². The molecule has 21 heavy (non-hydrogen) atoms. The van der Waals surface area contributed by atoms with Crippen molar-refractivity contribution in [3.8, 4) is 0 Å². The molecule has 0 saturated carbocycles. The second-order valence-corrected chi connectivity index (χ2v) is 5.59. The molecule has 0 heterocycles. The molecule has 0 radical (unpaired) electrons. The van der Waals surface area contributed by atoms with Gasteiger partial charge in [0.2, 0.25) is 0 Å². The van der Waals surface area contributed by atoms with E-state index in [1.54, 1.807) is 0 Å². The summed E-state index contributed by atoms with van der Waals surface area (Å²) in [4.78, 5) is 0. The summed E-state index contributed by atoms with van der Waals surface area (Å²) < 4.78 is 0. The minimum absolute atomic E-state index is 0.445. The molecule has 0 saturated heterocycles. The van der Waals surface area contributed by atoms with Crippen molar-refractivity contribution >= 4 is 17.3 Å². The molecule has 3 heteroatoms. The standard InChI is InChI=1S/C18H22N2S/c1-15(17-10-6-3-7-11-17)14-20-18(21)19-13-12-16-8-4-2-5-9-16/h2-11,15H,12-14H2,1H3,(H2,19,20,21)/t15-/m1/s1. The predicted molar refractivity (Wildman–Crippen MR) is 93.6 cm³/mol.